The number of rotatable bonds is 2. The van der Waals surface area contributed by atoms with Crippen molar-refractivity contribution in [2.45, 2.75) is 32.1 Å². The first-order valence-corrected chi connectivity index (χ1v) is 9.69. The molecule has 3 aromatic carbocycles. The molecule has 0 unspecified atom stereocenters. The van der Waals surface area contributed by atoms with Crippen LogP contribution < -0.4 is 5.32 Å². The van der Waals surface area contributed by atoms with Gasteiger partial charge in [0.2, 0.25) is 5.91 Å². The van der Waals surface area contributed by atoms with Crippen molar-refractivity contribution in [1.82, 2.24) is 0 Å². The van der Waals surface area contributed by atoms with E-state index in [9.17, 15) is 4.79 Å². The van der Waals surface area contributed by atoms with E-state index in [0.717, 1.165) is 23.2 Å². The Kier molecular flexibility index (Phi) is 3.68. The highest BCUT2D eigenvalue weighted by molar-refractivity contribution is 5.95. The van der Waals surface area contributed by atoms with E-state index >= 15 is 0 Å². The van der Waals surface area contributed by atoms with Gasteiger partial charge in [-0.15, -0.1) is 0 Å². The minimum atomic E-state index is -0.0280. The topological polar surface area (TPSA) is 29.1 Å². The molecule has 0 saturated heterocycles. The van der Waals surface area contributed by atoms with Gasteiger partial charge in [-0.25, -0.2) is 0 Å². The number of benzene rings is 3. The molecule has 3 aromatic rings. The van der Waals surface area contributed by atoms with Crippen molar-refractivity contribution < 1.29 is 4.79 Å². The second kappa shape index (κ2) is 6.09. The number of carbonyl (C=O) groups is 1. The molecular weight excluding hydrogens is 330 g/mol. The van der Waals surface area contributed by atoms with Crippen LogP contribution in [0.4, 0.5) is 5.69 Å². The lowest BCUT2D eigenvalue weighted by atomic mass is 9.59. The van der Waals surface area contributed by atoms with Crippen LogP contribution in [-0.2, 0) is 4.79 Å². The van der Waals surface area contributed by atoms with Gasteiger partial charge in [0, 0.05) is 17.5 Å². The molecule has 2 heteroatoms. The molecule has 0 aliphatic heterocycles. The predicted octanol–water partition coefficient (Wildman–Crippen LogP) is 5.54. The van der Waals surface area contributed by atoms with Gasteiger partial charge in [-0.2, -0.15) is 0 Å². The molecule has 0 spiro atoms. The maximum absolute atomic E-state index is 13.3. The van der Waals surface area contributed by atoms with Crippen LogP contribution in [0.1, 0.15) is 51.6 Å². The maximum Gasteiger partial charge on any atom is 0.228 e. The van der Waals surface area contributed by atoms with E-state index in [1.807, 2.05) is 6.92 Å². The van der Waals surface area contributed by atoms with Gasteiger partial charge in [-0.1, -0.05) is 60.7 Å². The molecular formula is C25H23NO. The molecule has 0 heterocycles. The summed E-state index contributed by atoms with van der Waals surface area (Å²) < 4.78 is 0. The Balaban J connectivity index is 1.55. The first kappa shape index (κ1) is 16.3. The van der Waals surface area contributed by atoms with Crippen molar-refractivity contribution in [1.29, 1.82) is 0 Å². The van der Waals surface area contributed by atoms with Crippen LogP contribution in [0.5, 0.6) is 0 Å². The zero-order chi connectivity index (χ0) is 18.5. The van der Waals surface area contributed by atoms with Crippen molar-refractivity contribution >= 4 is 11.6 Å². The van der Waals surface area contributed by atoms with E-state index in [4.69, 9.17) is 0 Å². The van der Waals surface area contributed by atoms with Crippen molar-refractivity contribution in [3.63, 3.8) is 0 Å². The zero-order valence-electron chi connectivity index (χ0n) is 15.7. The fourth-order valence-electron chi connectivity index (χ4n) is 4.99. The average molecular weight is 353 g/mol. The highest BCUT2D eigenvalue weighted by Gasteiger charge is 2.45. The number of hydrogen-bond acceptors (Lipinski definition) is 1. The fourth-order valence-corrected chi connectivity index (χ4v) is 4.99. The van der Waals surface area contributed by atoms with E-state index < -0.39 is 0 Å². The van der Waals surface area contributed by atoms with Gasteiger partial charge < -0.3 is 5.32 Å². The number of aryl methyl sites for hydroxylation is 2. The monoisotopic (exact) mass is 353 g/mol. The summed E-state index contributed by atoms with van der Waals surface area (Å²) in [5, 5.41) is 3.23. The van der Waals surface area contributed by atoms with Crippen LogP contribution in [0.25, 0.3) is 0 Å². The van der Waals surface area contributed by atoms with Crippen LogP contribution in [0.15, 0.2) is 66.7 Å². The molecule has 0 saturated carbocycles. The molecule has 0 radical (unpaired) electrons. The van der Waals surface area contributed by atoms with Gasteiger partial charge in [-0.3, -0.25) is 4.79 Å². The van der Waals surface area contributed by atoms with Crippen molar-refractivity contribution in [3.05, 3.63) is 100 Å². The van der Waals surface area contributed by atoms with Crippen molar-refractivity contribution in [2.75, 3.05) is 5.32 Å². The summed E-state index contributed by atoms with van der Waals surface area (Å²) in [6.45, 7) is 4.11. The first-order valence-electron chi connectivity index (χ1n) is 9.69. The second-order valence-electron chi connectivity index (χ2n) is 7.94. The first-order chi connectivity index (χ1) is 13.1. The summed E-state index contributed by atoms with van der Waals surface area (Å²) in [7, 11) is 0. The van der Waals surface area contributed by atoms with Crippen molar-refractivity contribution in [2.24, 2.45) is 5.92 Å². The van der Waals surface area contributed by atoms with Crippen LogP contribution in [-0.4, -0.2) is 5.91 Å². The summed E-state index contributed by atoms with van der Waals surface area (Å²) in [4.78, 5) is 13.3. The molecule has 2 nitrogen and oxygen atoms in total. The van der Waals surface area contributed by atoms with E-state index in [1.165, 1.54) is 22.3 Å². The lowest BCUT2D eigenvalue weighted by Crippen LogP contribution is -2.38. The molecule has 134 valence electrons. The Morgan fingerprint density at radius 2 is 1.44 bits per heavy atom. The summed E-state index contributed by atoms with van der Waals surface area (Å²) in [6.07, 6.45) is 0.884. The Morgan fingerprint density at radius 3 is 2.07 bits per heavy atom. The molecule has 3 aliphatic rings. The normalized spacial score (nSPS) is 22.1. The third-order valence-corrected chi connectivity index (χ3v) is 6.29. The number of hydrogen-bond donors (Lipinski definition) is 1. The van der Waals surface area contributed by atoms with Crippen LogP contribution in [0.3, 0.4) is 0 Å². The number of anilines is 1. The van der Waals surface area contributed by atoms with Crippen LogP contribution in [0.2, 0.25) is 0 Å². The Labute approximate surface area is 160 Å². The molecule has 0 fully saturated rings. The van der Waals surface area contributed by atoms with Gasteiger partial charge in [0.05, 0.1) is 5.92 Å². The van der Waals surface area contributed by atoms with Crippen molar-refractivity contribution in [3.8, 4) is 0 Å². The van der Waals surface area contributed by atoms with Gasteiger partial charge in [0.1, 0.15) is 0 Å². The lowest BCUT2D eigenvalue weighted by molar-refractivity contribution is -0.121. The molecule has 1 N–H and O–H groups in total. The van der Waals surface area contributed by atoms with Gasteiger partial charge in [-0.05, 0) is 59.7 Å². The molecule has 0 aromatic heterocycles. The minimum absolute atomic E-state index is 0.0280. The second-order valence-corrected chi connectivity index (χ2v) is 7.94. The lowest BCUT2D eigenvalue weighted by Gasteiger charge is -2.44. The minimum Gasteiger partial charge on any atom is -0.326 e. The van der Waals surface area contributed by atoms with Crippen LogP contribution in [0, 0.1) is 19.8 Å². The number of fused-ring (bicyclic) bond motifs is 1. The van der Waals surface area contributed by atoms with Gasteiger partial charge in [0.25, 0.3) is 0 Å². The van der Waals surface area contributed by atoms with E-state index in [-0.39, 0.29) is 17.7 Å². The molecule has 2 bridgehead atoms. The van der Waals surface area contributed by atoms with E-state index in [2.05, 4.69) is 79.0 Å². The summed E-state index contributed by atoms with van der Waals surface area (Å²) >= 11 is 0. The number of carbonyl (C=O) groups excluding carboxylic acids is 1. The summed E-state index contributed by atoms with van der Waals surface area (Å²) in [5.41, 5.74) is 8.66. The molecule has 6 rings (SSSR count). The van der Waals surface area contributed by atoms with Gasteiger partial charge >= 0.3 is 0 Å². The van der Waals surface area contributed by atoms with E-state index in [0.29, 0.717) is 5.92 Å². The fraction of sp³-hybridized carbons (Fsp3) is 0.240. The average Bonchev–Trinajstić information content (AvgIpc) is 2.70. The SMILES string of the molecule is Cc1ccc(C)c(NC(=O)[C@H]2CC3c4ccccc4C2c2ccccc23)c1. The molecule has 1 amide bonds. The standard InChI is InChI=1S/C25H23NO/c1-15-11-12-16(2)23(13-15)26-25(27)22-14-21-17-7-3-5-9-19(17)24(22)20-10-6-4-8-18(20)21/h3-13,21-22,24H,14H2,1-2H3,(H,26,27)/t21?,22-,24?/m0/s1. The largest absolute Gasteiger partial charge is 0.326 e. The Hall–Kier alpha value is -2.87. The molecule has 27 heavy (non-hydrogen) atoms. The quantitative estimate of drug-likeness (QED) is 0.644. The summed E-state index contributed by atoms with van der Waals surface area (Å²) in [6, 6.07) is 23.5. The third kappa shape index (κ3) is 2.51. The van der Waals surface area contributed by atoms with Crippen LogP contribution >= 0.6 is 0 Å². The Morgan fingerprint density at radius 1 is 0.852 bits per heavy atom. The number of nitrogens with one attached hydrogen (secondary N) is 1. The highest BCUT2D eigenvalue weighted by atomic mass is 16.1. The Bertz CT molecular complexity index is 1000. The molecule has 3 aliphatic carbocycles. The third-order valence-electron chi connectivity index (χ3n) is 6.29. The molecule has 1 atom stereocenters. The zero-order valence-corrected chi connectivity index (χ0v) is 15.7. The van der Waals surface area contributed by atoms with E-state index in [1.54, 1.807) is 0 Å². The maximum atomic E-state index is 13.3. The van der Waals surface area contributed by atoms with Gasteiger partial charge in [0.15, 0.2) is 0 Å². The predicted molar refractivity (Wildman–Crippen MR) is 109 cm³/mol. The smallest absolute Gasteiger partial charge is 0.228 e. The highest BCUT2D eigenvalue weighted by Crippen LogP contribution is 2.55. The summed E-state index contributed by atoms with van der Waals surface area (Å²) in [5.74, 6) is 0.576. The number of amides is 1.